The molecule has 7 heteroatoms. The quantitative estimate of drug-likeness (QED) is 0.223. The van der Waals surface area contributed by atoms with Crippen LogP contribution in [0.1, 0.15) is 0 Å². The highest BCUT2D eigenvalue weighted by atomic mass is 16.5. The molecule has 0 saturated heterocycles. The van der Waals surface area contributed by atoms with Crippen LogP contribution in [0.4, 0.5) is 5.69 Å². The van der Waals surface area contributed by atoms with Crippen molar-refractivity contribution in [3.05, 3.63) is 110 Å². The number of hydrogen-bond donors (Lipinski definition) is 0. The molecule has 0 amide bonds. The third-order valence-corrected chi connectivity index (χ3v) is 7.13. The highest BCUT2D eigenvalue weighted by Crippen LogP contribution is 2.45. The van der Waals surface area contributed by atoms with Crippen LogP contribution in [0, 0.1) is 0 Å². The minimum Gasteiger partial charge on any atom is -0.456 e. The first kappa shape index (κ1) is 22.5. The number of nitrogens with zero attached hydrogens (tertiary/aromatic N) is 3. The van der Waals surface area contributed by atoms with Gasteiger partial charge in [0.25, 0.3) is 0 Å². The fourth-order valence-corrected chi connectivity index (χ4v) is 5.30. The third-order valence-electron chi connectivity index (χ3n) is 7.13. The van der Waals surface area contributed by atoms with Gasteiger partial charge in [0.2, 0.25) is 5.88 Å². The molecule has 0 N–H and O–H groups in total. The molecule has 40 heavy (non-hydrogen) atoms. The standard InChI is InChI=1S/C33H23N3O4/c1-35-14-15-36(20-35)21-16-28-32(24-9-3-5-11-27(24)38-28)29(17-21)39-30-19-22(37-31-12-6-7-13-34-31)18-25-23-8-2-4-10-26(23)40-33(25)30/h2-19H,20H2,1H3. The van der Waals surface area contributed by atoms with Gasteiger partial charge >= 0.3 is 0 Å². The molecule has 3 aromatic heterocycles. The van der Waals surface area contributed by atoms with Crippen LogP contribution in [0.15, 0.2) is 118 Å². The van der Waals surface area contributed by atoms with Gasteiger partial charge in [-0.25, -0.2) is 4.98 Å². The Kier molecular flexibility index (Phi) is 4.97. The lowest BCUT2D eigenvalue weighted by Gasteiger charge is -2.19. The number of benzene rings is 4. The van der Waals surface area contributed by atoms with Gasteiger partial charge in [-0.2, -0.15) is 0 Å². The van der Waals surface area contributed by atoms with Gasteiger partial charge in [-0.1, -0.05) is 42.5 Å². The summed E-state index contributed by atoms with van der Waals surface area (Å²) >= 11 is 0. The zero-order valence-electron chi connectivity index (χ0n) is 21.6. The predicted molar refractivity (Wildman–Crippen MR) is 156 cm³/mol. The van der Waals surface area contributed by atoms with E-state index in [0.29, 0.717) is 28.7 Å². The van der Waals surface area contributed by atoms with Crippen LogP contribution < -0.4 is 14.4 Å². The topological polar surface area (TPSA) is 64.1 Å². The molecule has 0 unspecified atom stereocenters. The van der Waals surface area contributed by atoms with Crippen molar-refractivity contribution in [2.45, 2.75) is 0 Å². The number of fused-ring (bicyclic) bond motifs is 6. The van der Waals surface area contributed by atoms with E-state index in [9.17, 15) is 0 Å². The van der Waals surface area contributed by atoms with Gasteiger partial charge in [-0.05, 0) is 24.3 Å². The van der Waals surface area contributed by atoms with Crippen LogP contribution in [-0.2, 0) is 0 Å². The fourth-order valence-electron chi connectivity index (χ4n) is 5.30. The Hall–Kier alpha value is -5.43. The minimum atomic E-state index is 0.496. The van der Waals surface area contributed by atoms with Gasteiger partial charge in [-0.15, -0.1) is 0 Å². The molecule has 7 nitrogen and oxygen atoms in total. The second-order valence-electron chi connectivity index (χ2n) is 9.85. The van der Waals surface area contributed by atoms with Crippen molar-refractivity contribution in [1.29, 1.82) is 0 Å². The molecule has 4 aromatic carbocycles. The summed E-state index contributed by atoms with van der Waals surface area (Å²) in [7, 11) is 2.04. The number of para-hydroxylation sites is 2. The SMILES string of the molecule is CN1C=CN(c2cc(Oc3cc(Oc4ccccn4)cc4c3oc3ccccc34)c3c(c2)oc2ccccc23)C1. The molecule has 0 saturated carbocycles. The Bertz CT molecular complexity index is 2080. The van der Waals surface area contributed by atoms with E-state index in [2.05, 4.69) is 33.0 Å². The fraction of sp³-hybridized carbons (Fsp3) is 0.0606. The molecule has 4 heterocycles. The molecular formula is C33H23N3O4. The minimum absolute atomic E-state index is 0.496. The van der Waals surface area contributed by atoms with Crippen LogP contribution in [0.3, 0.4) is 0 Å². The summed E-state index contributed by atoms with van der Waals surface area (Å²) < 4.78 is 25.6. The monoisotopic (exact) mass is 525 g/mol. The first-order valence-corrected chi connectivity index (χ1v) is 13.0. The smallest absolute Gasteiger partial charge is 0.219 e. The van der Waals surface area contributed by atoms with Crippen molar-refractivity contribution in [2.75, 3.05) is 18.6 Å². The summed E-state index contributed by atoms with van der Waals surface area (Å²) in [6.07, 6.45) is 5.79. The highest BCUT2D eigenvalue weighted by molar-refractivity contribution is 6.10. The van der Waals surface area contributed by atoms with Crippen molar-refractivity contribution in [1.82, 2.24) is 9.88 Å². The summed E-state index contributed by atoms with van der Waals surface area (Å²) in [6, 6.07) is 29.4. The number of anilines is 1. The predicted octanol–water partition coefficient (Wildman–Crippen LogP) is 8.65. The van der Waals surface area contributed by atoms with E-state index >= 15 is 0 Å². The average Bonchev–Trinajstić information content (AvgIpc) is 3.68. The number of hydrogen-bond acceptors (Lipinski definition) is 7. The first-order chi connectivity index (χ1) is 19.7. The molecule has 0 bridgehead atoms. The second kappa shape index (κ2) is 8.81. The number of aromatic nitrogens is 1. The molecule has 0 spiro atoms. The summed E-state index contributed by atoms with van der Waals surface area (Å²) in [5, 5.41) is 3.75. The largest absolute Gasteiger partial charge is 0.456 e. The molecular weight excluding hydrogens is 502 g/mol. The number of ether oxygens (including phenoxy) is 2. The van der Waals surface area contributed by atoms with Crippen molar-refractivity contribution < 1.29 is 18.3 Å². The molecule has 7 aromatic rings. The van der Waals surface area contributed by atoms with Gasteiger partial charge in [-0.3, -0.25) is 0 Å². The Balaban J connectivity index is 1.34. The lowest BCUT2D eigenvalue weighted by atomic mass is 10.1. The van der Waals surface area contributed by atoms with Gasteiger partial charge in [0, 0.05) is 71.8 Å². The van der Waals surface area contributed by atoms with Gasteiger partial charge < -0.3 is 28.1 Å². The van der Waals surface area contributed by atoms with Crippen molar-refractivity contribution in [3.8, 4) is 23.1 Å². The van der Waals surface area contributed by atoms with E-state index in [0.717, 1.165) is 50.7 Å². The summed E-state index contributed by atoms with van der Waals surface area (Å²) in [4.78, 5) is 8.59. The maximum Gasteiger partial charge on any atom is 0.219 e. The maximum absolute atomic E-state index is 6.79. The van der Waals surface area contributed by atoms with E-state index in [1.54, 1.807) is 6.20 Å². The van der Waals surface area contributed by atoms with Crippen LogP contribution in [0.25, 0.3) is 43.9 Å². The lowest BCUT2D eigenvalue weighted by molar-refractivity contribution is 0.449. The Labute approximate surface area is 229 Å². The lowest BCUT2D eigenvalue weighted by Crippen LogP contribution is -2.21. The van der Waals surface area contributed by atoms with E-state index in [-0.39, 0.29) is 0 Å². The first-order valence-electron chi connectivity index (χ1n) is 13.0. The molecule has 0 fully saturated rings. The molecule has 8 rings (SSSR count). The van der Waals surface area contributed by atoms with Crippen LogP contribution in [0.2, 0.25) is 0 Å². The van der Waals surface area contributed by atoms with Gasteiger partial charge in [0.05, 0.1) is 12.1 Å². The highest BCUT2D eigenvalue weighted by Gasteiger charge is 2.21. The van der Waals surface area contributed by atoms with Crippen LogP contribution in [0.5, 0.6) is 23.1 Å². The number of rotatable bonds is 5. The molecule has 194 valence electrons. The molecule has 0 atom stereocenters. The van der Waals surface area contributed by atoms with Gasteiger partial charge in [0.15, 0.2) is 11.3 Å². The molecule has 0 aliphatic carbocycles. The average molecular weight is 526 g/mol. The summed E-state index contributed by atoms with van der Waals surface area (Å²) in [6.45, 7) is 0.729. The van der Waals surface area contributed by atoms with E-state index < -0.39 is 0 Å². The zero-order chi connectivity index (χ0) is 26.6. The van der Waals surface area contributed by atoms with E-state index in [1.807, 2.05) is 92.2 Å². The van der Waals surface area contributed by atoms with E-state index in [4.69, 9.17) is 18.3 Å². The number of pyridine rings is 1. The Morgan fingerprint density at radius 1 is 0.700 bits per heavy atom. The second-order valence-corrected chi connectivity index (χ2v) is 9.85. The van der Waals surface area contributed by atoms with Gasteiger partial charge in [0.1, 0.15) is 28.2 Å². The van der Waals surface area contributed by atoms with Crippen molar-refractivity contribution >= 4 is 49.6 Å². The van der Waals surface area contributed by atoms with Crippen LogP contribution in [-0.4, -0.2) is 23.6 Å². The summed E-state index contributed by atoms with van der Waals surface area (Å²) in [5.41, 5.74) is 3.92. The van der Waals surface area contributed by atoms with Crippen molar-refractivity contribution in [2.24, 2.45) is 0 Å². The van der Waals surface area contributed by atoms with Crippen molar-refractivity contribution in [3.63, 3.8) is 0 Å². The molecule has 1 aliphatic rings. The molecule has 1 aliphatic heterocycles. The molecule has 0 radical (unpaired) electrons. The third kappa shape index (κ3) is 3.71. The summed E-state index contributed by atoms with van der Waals surface area (Å²) in [5.74, 6) is 2.30. The van der Waals surface area contributed by atoms with E-state index in [1.165, 1.54) is 0 Å². The Morgan fingerprint density at radius 3 is 2.30 bits per heavy atom. The van der Waals surface area contributed by atoms with Crippen LogP contribution >= 0.6 is 0 Å². The zero-order valence-corrected chi connectivity index (χ0v) is 21.6. The number of furan rings is 2. The maximum atomic E-state index is 6.79. The Morgan fingerprint density at radius 2 is 1.50 bits per heavy atom. The normalized spacial score (nSPS) is 13.3.